The number of halogens is 1. The highest BCUT2D eigenvalue weighted by Crippen LogP contribution is 2.29. The number of isothiocyanates is 1. The van der Waals surface area contributed by atoms with Crippen LogP contribution in [-0.2, 0) is 4.74 Å². The Morgan fingerprint density at radius 2 is 2.19 bits per heavy atom. The molecule has 2 rings (SSSR count). The lowest BCUT2D eigenvalue weighted by atomic mass is 10.1. The van der Waals surface area contributed by atoms with Crippen LogP contribution < -0.4 is 0 Å². The quantitative estimate of drug-likeness (QED) is 0.590. The van der Waals surface area contributed by atoms with E-state index in [1.165, 1.54) is 12.4 Å². The van der Waals surface area contributed by atoms with E-state index in [4.69, 9.17) is 4.74 Å². The molecular formula is C14H14FN3O2S. The maximum atomic E-state index is 14.2. The average molecular weight is 307 g/mol. The highest BCUT2D eigenvalue weighted by molar-refractivity contribution is 7.78. The van der Waals surface area contributed by atoms with E-state index >= 15 is 0 Å². The van der Waals surface area contributed by atoms with Gasteiger partial charge in [0.15, 0.2) is 5.82 Å². The first-order valence-corrected chi connectivity index (χ1v) is 6.63. The first-order valence-electron chi connectivity index (χ1n) is 6.22. The normalized spacial score (nSPS) is 11.3. The van der Waals surface area contributed by atoms with Crippen LogP contribution >= 0.6 is 12.2 Å². The van der Waals surface area contributed by atoms with Crippen molar-refractivity contribution in [3.05, 3.63) is 23.8 Å². The molecular weight excluding hydrogens is 293 g/mol. The Kier molecular flexibility index (Phi) is 3.89. The molecule has 0 saturated carbocycles. The molecule has 0 amide bonds. The molecule has 110 valence electrons. The summed E-state index contributed by atoms with van der Waals surface area (Å²) in [6.45, 7) is 6.92. The van der Waals surface area contributed by atoms with Crippen LogP contribution in [0, 0.1) is 12.7 Å². The lowest BCUT2D eigenvalue weighted by molar-refractivity contribution is 0.0542. The minimum Gasteiger partial charge on any atom is -0.443 e. The molecule has 1 heterocycles. The maximum Gasteiger partial charge on any atom is 0.420 e. The number of nitrogens with zero attached hydrogens (tertiary/aromatic N) is 3. The fourth-order valence-corrected chi connectivity index (χ4v) is 1.98. The number of fused-ring (bicyclic) bond motifs is 1. The van der Waals surface area contributed by atoms with E-state index in [9.17, 15) is 9.18 Å². The molecule has 0 atom stereocenters. The number of thiocarbonyl (C=S) groups is 1. The maximum absolute atomic E-state index is 14.2. The van der Waals surface area contributed by atoms with Crippen molar-refractivity contribution in [2.45, 2.75) is 33.3 Å². The van der Waals surface area contributed by atoms with Gasteiger partial charge in [-0.15, -0.1) is 0 Å². The highest BCUT2D eigenvalue weighted by atomic mass is 32.1. The van der Waals surface area contributed by atoms with Crippen LogP contribution in [0.1, 0.15) is 26.3 Å². The van der Waals surface area contributed by atoms with Gasteiger partial charge in [0.25, 0.3) is 0 Å². The third kappa shape index (κ3) is 2.99. The van der Waals surface area contributed by atoms with Crippen LogP contribution in [0.2, 0.25) is 0 Å². The van der Waals surface area contributed by atoms with Gasteiger partial charge >= 0.3 is 6.09 Å². The molecule has 5 nitrogen and oxygen atoms in total. The molecule has 0 radical (unpaired) electrons. The van der Waals surface area contributed by atoms with Gasteiger partial charge in [-0.2, -0.15) is 4.99 Å². The summed E-state index contributed by atoms with van der Waals surface area (Å²) >= 11 is 4.53. The number of ether oxygens (including phenoxy) is 1. The number of hydrogen-bond acceptors (Lipinski definition) is 5. The Bertz CT molecular complexity index is 771. The third-order valence-electron chi connectivity index (χ3n) is 2.75. The molecule has 0 aliphatic heterocycles. The Balaban J connectivity index is 2.62. The summed E-state index contributed by atoms with van der Waals surface area (Å²) < 4.78 is 20.5. The zero-order chi connectivity index (χ0) is 15.8. The SMILES string of the molecule is Cc1c(N=C=S)cc(F)c2c1ncn2C(=O)OC(C)(C)C. The molecule has 0 aliphatic rings. The van der Waals surface area contributed by atoms with Crippen LogP contribution in [0.5, 0.6) is 0 Å². The van der Waals surface area contributed by atoms with Gasteiger partial charge in [-0.3, -0.25) is 0 Å². The number of aryl methyl sites for hydroxylation is 1. The standard InChI is InChI=1S/C14H14FN3O2S/c1-8-10(17-7-21)5-9(15)12-11(8)16-6-18(12)13(19)20-14(2,3)4/h5-6H,1-4H3. The molecule has 1 aromatic carbocycles. The highest BCUT2D eigenvalue weighted by Gasteiger charge is 2.22. The summed E-state index contributed by atoms with van der Waals surface area (Å²) in [4.78, 5) is 20.0. The van der Waals surface area contributed by atoms with E-state index in [-0.39, 0.29) is 5.52 Å². The van der Waals surface area contributed by atoms with Crippen LogP contribution in [-0.4, -0.2) is 26.4 Å². The number of rotatable bonds is 1. The minimum atomic E-state index is -0.686. The van der Waals surface area contributed by atoms with Gasteiger partial charge in [-0.1, -0.05) is 0 Å². The number of aliphatic imine (C=N–C) groups is 1. The van der Waals surface area contributed by atoms with Crippen molar-refractivity contribution in [1.29, 1.82) is 0 Å². The van der Waals surface area contributed by atoms with E-state index in [1.54, 1.807) is 27.7 Å². The summed E-state index contributed by atoms with van der Waals surface area (Å²) in [7, 11) is 0. The van der Waals surface area contributed by atoms with Crippen LogP contribution in [0.15, 0.2) is 17.4 Å². The Hall–Kier alpha value is -2.11. The van der Waals surface area contributed by atoms with E-state index in [2.05, 4.69) is 27.4 Å². The number of carbonyl (C=O) groups excluding carboxylic acids is 1. The number of hydrogen-bond donors (Lipinski definition) is 0. The predicted molar refractivity (Wildman–Crippen MR) is 80.7 cm³/mol. The molecule has 1 aromatic heterocycles. The van der Waals surface area contributed by atoms with Gasteiger partial charge < -0.3 is 4.74 Å². The Morgan fingerprint density at radius 3 is 2.76 bits per heavy atom. The largest absolute Gasteiger partial charge is 0.443 e. The summed E-state index contributed by atoms with van der Waals surface area (Å²) in [5, 5.41) is 2.19. The average Bonchev–Trinajstić information content (AvgIpc) is 2.79. The number of benzene rings is 1. The van der Waals surface area contributed by atoms with Crippen molar-refractivity contribution in [3.8, 4) is 0 Å². The fraction of sp³-hybridized carbons (Fsp3) is 0.357. The van der Waals surface area contributed by atoms with E-state index < -0.39 is 17.5 Å². The summed E-state index contributed by atoms with van der Waals surface area (Å²) in [6, 6.07) is 1.19. The van der Waals surface area contributed by atoms with Crippen molar-refractivity contribution < 1.29 is 13.9 Å². The topological polar surface area (TPSA) is 56.5 Å². The van der Waals surface area contributed by atoms with Gasteiger partial charge in [0.1, 0.15) is 17.4 Å². The molecule has 0 bridgehead atoms. The van der Waals surface area contributed by atoms with E-state index in [1.807, 2.05) is 0 Å². The second-order valence-corrected chi connectivity index (χ2v) is 5.68. The van der Waals surface area contributed by atoms with E-state index in [0.717, 1.165) is 4.57 Å². The van der Waals surface area contributed by atoms with Crippen LogP contribution in [0.25, 0.3) is 11.0 Å². The molecule has 0 aliphatic carbocycles. The van der Waals surface area contributed by atoms with Crippen molar-refractivity contribution in [1.82, 2.24) is 9.55 Å². The van der Waals surface area contributed by atoms with Crippen molar-refractivity contribution in [3.63, 3.8) is 0 Å². The number of imidazole rings is 1. The van der Waals surface area contributed by atoms with Gasteiger partial charge in [0.05, 0.1) is 16.4 Å². The fourth-order valence-electron chi connectivity index (χ4n) is 1.88. The van der Waals surface area contributed by atoms with Crippen molar-refractivity contribution >= 4 is 40.2 Å². The third-order valence-corrected chi connectivity index (χ3v) is 2.84. The number of carbonyl (C=O) groups is 1. The lowest BCUT2D eigenvalue weighted by Crippen LogP contribution is -2.26. The molecule has 21 heavy (non-hydrogen) atoms. The molecule has 0 N–H and O–H groups in total. The first-order chi connectivity index (χ1) is 9.74. The predicted octanol–water partition coefficient (Wildman–Crippen LogP) is 4.00. The number of aromatic nitrogens is 2. The van der Waals surface area contributed by atoms with Crippen LogP contribution in [0.3, 0.4) is 0 Å². The second-order valence-electron chi connectivity index (χ2n) is 5.50. The lowest BCUT2D eigenvalue weighted by Gasteiger charge is -2.19. The van der Waals surface area contributed by atoms with Gasteiger partial charge in [-0.05, 0) is 39.9 Å². The second kappa shape index (κ2) is 5.35. The molecule has 7 heteroatoms. The van der Waals surface area contributed by atoms with E-state index in [0.29, 0.717) is 16.8 Å². The Morgan fingerprint density at radius 1 is 1.52 bits per heavy atom. The monoisotopic (exact) mass is 307 g/mol. The zero-order valence-corrected chi connectivity index (χ0v) is 12.9. The molecule has 0 fully saturated rings. The molecule has 2 aromatic rings. The zero-order valence-electron chi connectivity index (χ0n) is 12.1. The smallest absolute Gasteiger partial charge is 0.420 e. The molecule has 0 spiro atoms. The summed E-state index contributed by atoms with van der Waals surface area (Å²) in [5.74, 6) is -0.622. The Labute approximate surface area is 126 Å². The minimum absolute atomic E-state index is 0.0602. The van der Waals surface area contributed by atoms with Gasteiger partial charge in [0.2, 0.25) is 0 Å². The van der Waals surface area contributed by atoms with Crippen molar-refractivity contribution in [2.75, 3.05) is 0 Å². The van der Waals surface area contributed by atoms with Crippen LogP contribution in [0.4, 0.5) is 14.9 Å². The van der Waals surface area contributed by atoms with Gasteiger partial charge in [-0.25, -0.2) is 18.7 Å². The summed E-state index contributed by atoms with van der Waals surface area (Å²) in [5.41, 5.74) is 0.672. The summed E-state index contributed by atoms with van der Waals surface area (Å²) in [6.07, 6.45) is 0.550. The first kappa shape index (κ1) is 15.3. The molecule has 0 unspecified atom stereocenters. The van der Waals surface area contributed by atoms with Gasteiger partial charge in [0, 0.05) is 11.6 Å². The van der Waals surface area contributed by atoms with Crippen molar-refractivity contribution in [2.24, 2.45) is 4.99 Å². The molecule has 0 saturated heterocycles.